The highest BCUT2D eigenvalue weighted by molar-refractivity contribution is 7.26. The third-order valence-electron chi connectivity index (χ3n) is 11.3. The maximum Gasteiger partial charge on any atom is 0.0981 e. The van der Waals surface area contributed by atoms with Gasteiger partial charge in [-0.1, -0.05) is 140 Å². The van der Waals surface area contributed by atoms with Crippen LogP contribution in [0.1, 0.15) is 18.1 Å². The molecule has 0 aliphatic heterocycles. The predicted octanol–water partition coefficient (Wildman–Crippen LogP) is 15.0. The SMILES string of the molecule is CC1C=Cc2c(c(-c3ccoc3)c3ccccc3c2-c2cccc3sc4ccc(-c5c6ccccc6c(-c6ccccc6)c6ccccc56)cc4c23)C1. The lowest BCUT2D eigenvalue weighted by atomic mass is 9.78. The first-order valence-corrected chi connectivity index (χ1v) is 19.3. The van der Waals surface area contributed by atoms with Crippen LogP contribution in [-0.4, -0.2) is 0 Å². The van der Waals surface area contributed by atoms with Gasteiger partial charge in [-0.3, -0.25) is 0 Å². The molecule has 1 atom stereocenters. The maximum absolute atomic E-state index is 5.66. The van der Waals surface area contributed by atoms with E-state index in [0.717, 1.165) is 12.0 Å². The average Bonchev–Trinajstić information content (AvgIpc) is 3.88. The van der Waals surface area contributed by atoms with Crippen LogP contribution in [0.2, 0.25) is 0 Å². The summed E-state index contributed by atoms with van der Waals surface area (Å²) in [5.74, 6) is 0.459. The summed E-state index contributed by atoms with van der Waals surface area (Å²) in [6, 6.07) is 53.9. The summed E-state index contributed by atoms with van der Waals surface area (Å²) in [6.07, 6.45) is 9.47. The molecule has 1 aliphatic rings. The average molecular weight is 695 g/mol. The molecular formula is C51H34OS. The second-order valence-electron chi connectivity index (χ2n) is 14.4. The highest BCUT2D eigenvalue weighted by Crippen LogP contribution is 2.50. The predicted molar refractivity (Wildman–Crippen MR) is 228 cm³/mol. The number of rotatable bonds is 4. The second-order valence-corrected chi connectivity index (χ2v) is 15.5. The molecule has 8 aromatic carbocycles. The van der Waals surface area contributed by atoms with Crippen molar-refractivity contribution < 1.29 is 4.42 Å². The Hall–Kier alpha value is -6.22. The first-order chi connectivity index (χ1) is 26.2. The summed E-state index contributed by atoms with van der Waals surface area (Å²) in [4.78, 5) is 0. The smallest absolute Gasteiger partial charge is 0.0981 e. The lowest BCUT2D eigenvalue weighted by Crippen LogP contribution is -2.08. The summed E-state index contributed by atoms with van der Waals surface area (Å²) >= 11 is 1.90. The number of hydrogen-bond acceptors (Lipinski definition) is 2. The van der Waals surface area contributed by atoms with Crippen molar-refractivity contribution >= 4 is 69.9 Å². The third-order valence-corrected chi connectivity index (χ3v) is 12.5. The van der Waals surface area contributed by atoms with Crippen molar-refractivity contribution in [1.29, 1.82) is 0 Å². The van der Waals surface area contributed by atoms with Crippen LogP contribution in [0.3, 0.4) is 0 Å². The van der Waals surface area contributed by atoms with Crippen molar-refractivity contribution in [2.75, 3.05) is 0 Å². The number of thiophene rings is 1. The van der Waals surface area contributed by atoms with Crippen molar-refractivity contribution in [1.82, 2.24) is 0 Å². The van der Waals surface area contributed by atoms with Crippen molar-refractivity contribution in [3.05, 3.63) is 175 Å². The molecule has 0 radical (unpaired) electrons. The quantitative estimate of drug-likeness (QED) is 0.167. The molecule has 1 nitrogen and oxygen atoms in total. The molecule has 0 bridgehead atoms. The fourth-order valence-electron chi connectivity index (χ4n) is 9.13. The number of benzene rings is 8. The summed E-state index contributed by atoms with van der Waals surface area (Å²) < 4.78 is 8.28. The van der Waals surface area contributed by atoms with Gasteiger partial charge in [0, 0.05) is 25.7 Å². The van der Waals surface area contributed by atoms with Crippen LogP contribution in [0.5, 0.6) is 0 Å². The Morgan fingerprint density at radius 3 is 1.79 bits per heavy atom. The molecule has 2 heterocycles. The molecule has 2 heteroatoms. The van der Waals surface area contributed by atoms with Crippen LogP contribution in [0, 0.1) is 5.92 Å². The van der Waals surface area contributed by atoms with Gasteiger partial charge >= 0.3 is 0 Å². The van der Waals surface area contributed by atoms with Gasteiger partial charge in [0.1, 0.15) is 0 Å². The minimum Gasteiger partial charge on any atom is -0.472 e. The zero-order valence-corrected chi connectivity index (χ0v) is 30.1. The van der Waals surface area contributed by atoms with Crippen LogP contribution >= 0.6 is 11.3 Å². The van der Waals surface area contributed by atoms with Gasteiger partial charge in [0.2, 0.25) is 0 Å². The van der Waals surface area contributed by atoms with Crippen molar-refractivity contribution in [3.63, 3.8) is 0 Å². The first kappa shape index (κ1) is 30.4. The van der Waals surface area contributed by atoms with E-state index in [1.165, 1.54) is 103 Å². The molecule has 53 heavy (non-hydrogen) atoms. The number of fused-ring (bicyclic) bond motifs is 7. The van der Waals surface area contributed by atoms with Gasteiger partial charge in [0.15, 0.2) is 0 Å². The molecule has 2 aromatic heterocycles. The van der Waals surface area contributed by atoms with Crippen molar-refractivity contribution in [2.24, 2.45) is 5.92 Å². The molecule has 0 N–H and O–H groups in total. The van der Waals surface area contributed by atoms with Crippen LogP contribution in [0.15, 0.2) is 169 Å². The highest BCUT2D eigenvalue weighted by atomic mass is 32.1. The van der Waals surface area contributed by atoms with E-state index in [0.29, 0.717) is 5.92 Å². The number of hydrogen-bond donors (Lipinski definition) is 0. The molecule has 0 fully saturated rings. The van der Waals surface area contributed by atoms with E-state index >= 15 is 0 Å². The van der Waals surface area contributed by atoms with E-state index in [9.17, 15) is 0 Å². The van der Waals surface area contributed by atoms with Crippen LogP contribution in [0.4, 0.5) is 0 Å². The first-order valence-electron chi connectivity index (χ1n) is 18.5. The van der Waals surface area contributed by atoms with Gasteiger partial charge in [-0.05, 0) is 119 Å². The zero-order valence-electron chi connectivity index (χ0n) is 29.3. The van der Waals surface area contributed by atoms with Crippen molar-refractivity contribution in [3.8, 4) is 44.5 Å². The van der Waals surface area contributed by atoms with E-state index in [1.807, 2.05) is 17.6 Å². The molecule has 0 saturated carbocycles. The van der Waals surface area contributed by atoms with Gasteiger partial charge in [-0.25, -0.2) is 0 Å². The van der Waals surface area contributed by atoms with Crippen molar-refractivity contribution in [2.45, 2.75) is 13.3 Å². The molecule has 1 aliphatic carbocycles. The van der Waals surface area contributed by atoms with Gasteiger partial charge in [0.25, 0.3) is 0 Å². The third kappa shape index (κ3) is 4.62. The minimum atomic E-state index is 0.459. The Bertz CT molecular complexity index is 3030. The van der Waals surface area contributed by atoms with E-state index in [1.54, 1.807) is 6.26 Å². The topological polar surface area (TPSA) is 13.1 Å². The monoisotopic (exact) mass is 694 g/mol. The van der Waals surface area contributed by atoms with Gasteiger partial charge in [-0.15, -0.1) is 11.3 Å². The minimum absolute atomic E-state index is 0.459. The number of allylic oxidation sites excluding steroid dienone is 1. The lowest BCUT2D eigenvalue weighted by molar-refractivity contribution is 0.568. The zero-order chi connectivity index (χ0) is 35.0. The summed E-state index contributed by atoms with van der Waals surface area (Å²) in [5, 5.41) is 10.3. The Labute approximate surface area is 312 Å². The Kier molecular flexibility index (Phi) is 6.84. The van der Waals surface area contributed by atoms with Gasteiger partial charge in [-0.2, -0.15) is 0 Å². The maximum atomic E-state index is 5.66. The molecular weight excluding hydrogens is 661 g/mol. The summed E-state index contributed by atoms with van der Waals surface area (Å²) in [5.41, 5.74) is 12.9. The van der Waals surface area contributed by atoms with Gasteiger partial charge < -0.3 is 4.42 Å². The molecule has 0 saturated heterocycles. The van der Waals surface area contributed by atoms with Crippen LogP contribution in [0.25, 0.3) is 103 Å². The Balaban J connectivity index is 1.22. The fourth-order valence-corrected chi connectivity index (χ4v) is 10.2. The van der Waals surface area contributed by atoms with E-state index in [4.69, 9.17) is 4.42 Å². The summed E-state index contributed by atoms with van der Waals surface area (Å²) in [6.45, 7) is 2.32. The largest absolute Gasteiger partial charge is 0.472 e. The fraction of sp³-hybridized carbons (Fsp3) is 0.0588. The normalized spacial score (nSPS) is 14.2. The van der Waals surface area contributed by atoms with E-state index in [2.05, 4.69) is 165 Å². The Morgan fingerprint density at radius 1 is 0.509 bits per heavy atom. The molecule has 11 rings (SSSR count). The standard InChI is InChI=1S/C51H34OS/c1-31-22-24-41-43(28-31)49(34-26-27-52-30-34)39-18-9-10-19-40(39)50(41)42-20-11-21-46-51(42)44-29-33(23-25-45(44)53-46)48-37-16-7-5-14-35(37)47(32-12-3-2-4-13-32)36-15-6-8-17-38(36)48/h2-27,29-31H,28H2,1H3. The van der Waals surface area contributed by atoms with E-state index < -0.39 is 0 Å². The number of furan rings is 1. The molecule has 1 unspecified atom stereocenters. The lowest BCUT2D eigenvalue weighted by Gasteiger charge is -2.25. The van der Waals surface area contributed by atoms with E-state index in [-0.39, 0.29) is 0 Å². The Morgan fingerprint density at radius 2 is 1.13 bits per heavy atom. The summed E-state index contributed by atoms with van der Waals surface area (Å²) in [7, 11) is 0. The molecule has 250 valence electrons. The van der Waals surface area contributed by atoms with Gasteiger partial charge in [0.05, 0.1) is 12.5 Å². The molecule has 0 spiro atoms. The molecule has 0 amide bonds. The molecule has 10 aromatic rings. The van der Waals surface area contributed by atoms with Crippen LogP contribution in [-0.2, 0) is 6.42 Å². The highest BCUT2D eigenvalue weighted by Gasteiger charge is 2.26. The second kappa shape index (κ2) is 11.9. The van der Waals surface area contributed by atoms with Crippen LogP contribution < -0.4 is 0 Å².